The van der Waals surface area contributed by atoms with Crippen LogP contribution in [0.4, 0.5) is 0 Å². The summed E-state index contributed by atoms with van der Waals surface area (Å²) in [4.78, 5) is 13.9. The molecular weight excluding hydrogens is 437 g/mol. The third-order valence-corrected chi connectivity index (χ3v) is 4.07. The number of rotatable bonds is 4. The molecule has 0 spiro atoms. The van der Waals surface area contributed by atoms with Gasteiger partial charge in [0.25, 0.3) is 0 Å². The molecule has 0 saturated carbocycles. The van der Waals surface area contributed by atoms with Crippen molar-refractivity contribution in [3.63, 3.8) is 0 Å². The molecule has 3 heterocycles. The fourth-order valence-corrected chi connectivity index (χ4v) is 2.42. The van der Waals surface area contributed by atoms with E-state index in [0.29, 0.717) is 36.8 Å². The van der Waals surface area contributed by atoms with Crippen molar-refractivity contribution in [1.29, 1.82) is 0 Å². The van der Waals surface area contributed by atoms with Crippen molar-refractivity contribution in [3.05, 3.63) is 29.6 Å². The van der Waals surface area contributed by atoms with Crippen LogP contribution in [0, 0.1) is 11.8 Å². The van der Waals surface area contributed by atoms with E-state index in [0.717, 1.165) is 11.4 Å². The van der Waals surface area contributed by atoms with Gasteiger partial charge in [0.05, 0.1) is 12.1 Å². The summed E-state index contributed by atoms with van der Waals surface area (Å²) < 4.78 is 11.4. The first kappa shape index (κ1) is 21.8. The number of ether oxygens (including phenoxy) is 2. The first-order valence-corrected chi connectivity index (χ1v) is 13.7. The van der Waals surface area contributed by atoms with Crippen molar-refractivity contribution in [2.75, 3.05) is 13.2 Å². The van der Waals surface area contributed by atoms with E-state index < -0.39 is 11.4 Å². The molecule has 0 N–H and O–H groups in total. The zero-order valence-corrected chi connectivity index (χ0v) is 18.7. The predicted octanol–water partition coefficient (Wildman–Crippen LogP) is 4.75. The molecular formula is C17H23Cl3CrN3O2. The van der Waals surface area contributed by atoms with Gasteiger partial charge in [-0.15, -0.1) is 0 Å². The van der Waals surface area contributed by atoms with E-state index in [1.807, 2.05) is 18.2 Å². The molecule has 0 aromatic carbocycles. The van der Waals surface area contributed by atoms with Crippen LogP contribution in [0.2, 0.25) is 0 Å². The molecule has 3 rings (SSSR count). The second-order valence-electron chi connectivity index (χ2n) is 6.70. The molecule has 2 aliphatic heterocycles. The summed E-state index contributed by atoms with van der Waals surface area (Å²) in [7, 11) is 14.8. The van der Waals surface area contributed by atoms with E-state index in [2.05, 4.69) is 42.7 Å². The molecule has 5 nitrogen and oxygen atoms in total. The van der Waals surface area contributed by atoms with Crippen molar-refractivity contribution in [1.82, 2.24) is 4.98 Å². The first-order chi connectivity index (χ1) is 12.3. The Morgan fingerprint density at radius 1 is 0.885 bits per heavy atom. The molecule has 145 valence electrons. The van der Waals surface area contributed by atoms with Crippen molar-refractivity contribution < 1.29 is 20.9 Å². The van der Waals surface area contributed by atoms with Crippen LogP contribution in [0.1, 0.15) is 39.1 Å². The first-order valence-electron chi connectivity index (χ1n) is 8.40. The van der Waals surface area contributed by atoms with Crippen LogP contribution in [0.25, 0.3) is 0 Å². The molecule has 2 atom stereocenters. The molecule has 0 radical (unpaired) electrons. The van der Waals surface area contributed by atoms with Crippen LogP contribution in [0.5, 0.6) is 0 Å². The maximum absolute atomic E-state index is 5.70. The minimum absolute atomic E-state index is 0.214. The fraction of sp³-hybridized carbons (Fsp3) is 0.588. The number of aliphatic imine (C=N–C) groups is 2. The molecule has 0 unspecified atom stereocenters. The van der Waals surface area contributed by atoms with Gasteiger partial charge in [-0.1, -0.05) is 33.8 Å². The molecule has 0 aliphatic carbocycles. The quantitative estimate of drug-likeness (QED) is 0.653. The van der Waals surface area contributed by atoms with E-state index in [4.69, 9.17) is 39.6 Å². The fourth-order valence-electron chi connectivity index (χ4n) is 2.42. The Balaban J connectivity index is 0.000000552. The summed E-state index contributed by atoms with van der Waals surface area (Å²) in [6.45, 7) is 9.86. The Morgan fingerprint density at radius 2 is 1.27 bits per heavy atom. The maximum atomic E-state index is 5.70. The normalized spacial score (nSPS) is 21.9. The standard InChI is InChI=1S/C17H23N3O2.3ClH.Cr/c1-10(2)14-8-21-16(19-14)12-6-5-7-13(18-12)17-20-15(9-22-17)11(3)4;;;;/h5-7,10-11,14-15H,8-9H2,1-4H3;3*1H;/q;;;;+3/p-3/t14-,15-;;;;/m1..../s1. The van der Waals surface area contributed by atoms with Crippen molar-refractivity contribution in [3.8, 4) is 0 Å². The Morgan fingerprint density at radius 3 is 1.58 bits per heavy atom. The van der Waals surface area contributed by atoms with Crippen LogP contribution in [0.15, 0.2) is 28.2 Å². The average molecular weight is 460 g/mol. The number of nitrogens with zero attached hydrogens (tertiary/aromatic N) is 3. The summed E-state index contributed by atoms with van der Waals surface area (Å²) in [6, 6.07) is 6.21. The molecule has 2 aliphatic rings. The van der Waals surface area contributed by atoms with E-state index >= 15 is 0 Å². The molecule has 0 saturated heterocycles. The van der Waals surface area contributed by atoms with Crippen molar-refractivity contribution >= 4 is 41.9 Å². The summed E-state index contributed by atoms with van der Waals surface area (Å²) in [6.07, 6.45) is 0. The molecule has 0 amide bonds. The number of aromatic nitrogens is 1. The van der Waals surface area contributed by atoms with Crippen LogP contribution < -0.4 is 0 Å². The third-order valence-electron chi connectivity index (χ3n) is 4.07. The molecule has 26 heavy (non-hydrogen) atoms. The SMILES string of the molecule is CC(C)[C@H]1COC(c2cccc(C3=N[C@@H](C(C)C)CO3)n2)=N1.[Cl][Cr]([Cl])[Cl]. The second kappa shape index (κ2) is 10.2. The van der Waals surface area contributed by atoms with Gasteiger partial charge in [-0.05, 0) is 24.0 Å². The predicted molar refractivity (Wildman–Crippen MR) is 104 cm³/mol. The van der Waals surface area contributed by atoms with Crippen LogP contribution in [0.3, 0.4) is 0 Å². The van der Waals surface area contributed by atoms with Gasteiger partial charge in [0.1, 0.15) is 24.6 Å². The van der Waals surface area contributed by atoms with Gasteiger partial charge in [0.2, 0.25) is 11.8 Å². The molecule has 9 heteroatoms. The van der Waals surface area contributed by atoms with Crippen LogP contribution >= 0.6 is 30.1 Å². The van der Waals surface area contributed by atoms with Gasteiger partial charge in [-0.25, -0.2) is 15.0 Å². The van der Waals surface area contributed by atoms with E-state index in [1.165, 1.54) is 0 Å². The Labute approximate surface area is 171 Å². The summed E-state index contributed by atoms with van der Waals surface area (Å²) >= 11 is -1.62. The molecule has 0 fully saturated rings. The number of pyridine rings is 1. The van der Waals surface area contributed by atoms with Gasteiger partial charge in [0, 0.05) is 0 Å². The minimum atomic E-state index is -1.62. The monoisotopic (exact) mass is 458 g/mol. The molecule has 1 aromatic heterocycles. The van der Waals surface area contributed by atoms with E-state index in [9.17, 15) is 0 Å². The third kappa shape index (κ3) is 6.28. The van der Waals surface area contributed by atoms with Gasteiger partial charge in [-0.3, -0.25) is 0 Å². The van der Waals surface area contributed by atoms with Crippen molar-refractivity contribution in [2.24, 2.45) is 21.8 Å². The van der Waals surface area contributed by atoms with E-state index in [1.54, 1.807) is 0 Å². The second-order valence-corrected chi connectivity index (χ2v) is 13.0. The average Bonchev–Trinajstić information content (AvgIpc) is 3.24. The van der Waals surface area contributed by atoms with Gasteiger partial charge in [0.15, 0.2) is 0 Å². The zero-order chi connectivity index (χ0) is 19.3. The topological polar surface area (TPSA) is 56.1 Å². The van der Waals surface area contributed by atoms with E-state index in [-0.39, 0.29) is 12.1 Å². The van der Waals surface area contributed by atoms with Gasteiger partial charge >= 0.3 is 41.5 Å². The van der Waals surface area contributed by atoms with Crippen molar-refractivity contribution in [2.45, 2.75) is 39.8 Å². The Hall–Kier alpha value is -0.508. The Kier molecular flexibility index (Phi) is 8.51. The van der Waals surface area contributed by atoms with Gasteiger partial charge in [-0.2, -0.15) is 0 Å². The zero-order valence-electron chi connectivity index (χ0n) is 15.2. The van der Waals surface area contributed by atoms with Crippen LogP contribution in [-0.4, -0.2) is 42.1 Å². The molecule has 1 aromatic rings. The summed E-state index contributed by atoms with van der Waals surface area (Å²) in [5.74, 6) is 2.18. The number of hydrogen-bond donors (Lipinski definition) is 0. The molecule has 0 bridgehead atoms. The summed E-state index contributed by atoms with van der Waals surface area (Å²) in [5.41, 5.74) is 1.50. The van der Waals surface area contributed by atoms with Gasteiger partial charge < -0.3 is 9.47 Å². The summed E-state index contributed by atoms with van der Waals surface area (Å²) in [5, 5.41) is 0. The van der Waals surface area contributed by atoms with Crippen LogP contribution in [-0.2, 0) is 20.9 Å². The number of halogens is 3. The number of hydrogen-bond acceptors (Lipinski definition) is 5. The Bertz CT molecular complexity index is 616.